The van der Waals surface area contributed by atoms with E-state index in [1.54, 1.807) is 31.4 Å². The van der Waals surface area contributed by atoms with Gasteiger partial charge in [-0.1, -0.05) is 20.8 Å². The molecule has 0 aliphatic heterocycles. The normalized spacial score (nSPS) is 10.9. The lowest BCUT2D eigenvalue weighted by Crippen LogP contribution is -2.43. The fourth-order valence-electron chi connectivity index (χ4n) is 2.38. The summed E-state index contributed by atoms with van der Waals surface area (Å²) in [6, 6.07) is 12.2. The highest BCUT2D eigenvalue weighted by atomic mass is 19.1. The predicted molar refractivity (Wildman–Crippen MR) is 108 cm³/mol. The third-order valence-electron chi connectivity index (χ3n) is 4.03. The molecule has 3 amide bonds. The van der Waals surface area contributed by atoms with E-state index >= 15 is 0 Å². The number of methoxy groups -OCH3 is 1. The fraction of sp³-hybridized carbons (Fsp3) is 0.333. The minimum Gasteiger partial charge on any atom is -0.497 e. The van der Waals surface area contributed by atoms with Crippen molar-refractivity contribution in [2.24, 2.45) is 5.41 Å². The lowest BCUT2D eigenvalue weighted by Gasteiger charge is -2.25. The number of rotatable bonds is 6. The third-order valence-corrected chi connectivity index (χ3v) is 4.03. The largest absolute Gasteiger partial charge is 0.497 e. The average molecular weight is 387 g/mol. The maximum Gasteiger partial charge on any atom is 0.326 e. The van der Waals surface area contributed by atoms with E-state index in [9.17, 15) is 14.0 Å². The first kappa shape index (κ1) is 21.2. The van der Waals surface area contributed by atoms with Gasteiger partial charge in [0, 0.05) is 29.9 Å². The molecule has 0 fully saturated rings. The van der Waals surface area contributed by atoms with Crippen LogP contribution in [0.2, 0.25) is 0 Å². The molecule has 0 unspecified atom stereocenters. The minimum absolute atomic E-state index is 0.109. The highest BCUT2D eigenvalue weighted by Crippen LogP contribution is 2.19. The second-order valence-electron chi connectivity index (χ2n) is 7.29. The molecule has 0 radical (unpaired) electrons. The number of ether oxygens (including phenoxy) is 1. The first-order valence-corrected chi connectivity index (χ1v) is 8.97. The van der Waals surface area contributed by atoms with Gasteiger partial charge in [-0.25, -0.2) is 9.18 Å². The van der Waals surface area contributed by atoms with Crippen LogP contribution in [0.5, 0.6) is 5.75 Å². The van der Waals surface area contributed by atoms with E-state index in [1.165, 1.54) is 29.2 Å². The van der Waals surface area contributed by atoms with Crippen LogP contribution in [0.25, 0.3) is 0 Å². The van der Waals surface area contributed by atoms with Gasteiger partial charge in [-0.3, -0.25) is 9.69 Å². The Balaban J connectivity index is 2.11. The Morgan fingerprint density at radius 2 is 1.64 bits per heavy atom. The van der Waals surface area contributed by atoms with E-state index in [0.29, 0.717) is 17.1 Å². The van der Waals surface area contributed by atoms with Gasteiger partial charge in [0.2, 0.25) is 5.91 Å². The molecular weight excluding hydrogens is 361 g/mol. The molecule has 7 heteroatoms. The summed E-state index contributed by atoms with van der Waals surface area (Å²) >= 11 is 0. The van der Waals surface area contributed by atoms with Crippen molar-refractivity contribution >= 4 is 23.3 Å². The monoisotopic (exact) mass is 387 g/mol. The molecule has 0 aromatic heterocycles. The third kappa shape index (κ3) is 5.97. The lowest BCUT2D eigenvalue weighted by atomic mass is 9.96. The van der Waals surface area contributed by atoms with Crippen LogP contribution < -0.4 is 20.3 Å². The summed E-state index contributed by atoms with van der Waals surface area (Å²) in [5.41, 5.74) is 0.598. The Labute approximate surface area is 164 Å². The van der Waals surface area contributed by atoms with Crippen molar-refractivity contribution in [2.45, 2.75) is 20.8 Å². The van der Waals surface area contributed by atoms with E-state index < -0.39 is 5.41 Å². The van der Waals surface area contributed by atoms with E-state index in [4.69, 9.17) is 4.74 Å². The molecule has 0 spiro atoms. The number of carbonyl (C=O) groups excluding carboxylic acids is 2. The van der Waals surface area contributed by atoms with Gasteiger partial charge in [0.05, 0.1) is 7.11 Å². The molecular formula is C21H26FN3O3. The fourth-order valence-corrected chi connectivity index (χ4v) is 2.38. The van der Waals surface area contributed by atoms with Gasteiger partial charge in [0.25, 0.3) is 0 Å². The lowest BCUT2D eigenvalue weighted by molar-refractivity contribution is -0.128. The second kappa shape index (κ2) is 9.21. The highest BCUT2D eigenvalue weighted by Gasteiger charge is 2.22. The molecule has 0 saturated carbocycles. The molecule has 0 aliphatic carbocycles. The molecule has 0 heterocycles. The maximum absolute atomic E-state index is 13.3. The zero-order chi connectivity index (χ0) is 20.7. The van der Waals surface area contributed by atoms with Crippen LogP contribution in [-0.2, 0) is 4.79 Å². The summed E-state index contributed by atoms with van der Waals surface area (Å²) in [6.07, 6.45) is 0. The van der Waals surface area contributed by atoms with Crippen LogP contribution in [0.3, 0.4) is 0 Å². The number of hydrogen-bond donors (Lipinski definition) is 2. The van der Waals surface area contributed by atoms with E-state index in [2.05, 4.69) is 10.6 Å². The molecule has 2 rings (SSSR count). The number of benzene rings is 2. The van der Waals surface area contributed by atoms with Crippen molar-refractivity contribution in [3.63, 3.8) is 0 Å². The SMILES string of the molecule is COc1ccc(NC(=O)N(CCNC(=O)C(C)(C)C)c2ccc(F)cc2)cc1. The Kier molecular flexibility index (Phi) is 6.98. The first-order valence-electron chi connectivity index (χ1n) is 8.97. The molecule has 2 aromatic rings. The summed E-state index contributed by atoms with van der Waals surface area (Å²) < 4.78 is 18.4. The predicted octanol–water partition coefficient (Wildman–Crippen LogP) is 4.04. The van der Waals surface area contributed by atoms with Crippen molar-refractivity contribution in [3.8, 4) is 5.75 Å². The molecule has 2 N–H and O–H groups in total. The Hall–Kier alpha value is -3.09. The standard InChI is InChI=1S/C21H26FN3O3/c1-21(2,3)19(26)23-13-14-25(17-9-5-15(22)6-10-17)20(27)24-16-7-11-18(28-4)12-8-16/h5-12H,13-14H2,1-4H3,(H,23,26)(H,24,27). The van der Waals surface area contributed by atoms with Crippen molar-refractivity contribution in [1.29, 1.82) is 0 Å². The van der Waals surface area contributed by atoms with Crippen LogP contribution in [0, 0.1) is 11.2 Å². The number of halogens is 1. The van der Waals surface area contributed by atoms with Gasteiger partial charge >= 0.3 is 6.03 Å². The average Bonchev–Trinajstić information content (AvgIpc) is 2.65. The smallest absolute Gasteiger partial charge is 0.326 e. The summed E-state index contributed by atoms with van der Waals surface area (Å²) in [6.45, 7) is 5.95. The van der Waals surface area contributed by atoms with E-state index in [0.717, 1.165) is 0 Å². The first-order chi connectivity index (χ1) is 13.2. The Morgan fingerprint density at radius 1 is 1.04 bits per heavy atom. The van der Waals surface area contributed by atoms with Gasteiger partial charge in [-0.05, 0) is 48.5 Å². The Morgan fingerprint density at radius 3 is 2.18 bits per heavy atom. The van der Waals surface area contributed by atoms with Gasteiger partial charge in [-0.2, -0.15) is 0 Å². The minimum atomic E-state index is -0.522. The second-order valence-corrected chi connectivity index (χ2v) is 7.29. The number of amides is 3. The zero-order valence-electron chi connectivity index (χ0n) is 16.6. The van der Waals surface area contributed by atoms with E-state index in [1.807, 2.05) is 20.8 Å². The molecule has 2 aromatic carbocycles. The van der Waals surface area contributed by atoms with Gasteiger partial charge in [-0.15, -0.1) is 0 Å². The number of nitrogens with one attached hydrogen (secondary N) is 2. The summed E-state index contributed by atoms with van der Waals surface area (Å²) in [7, 11) is 1.57. The van der Waals surface area contributed by atoms with Crippen molar-refractivity contribution in [3.05, 3.63) is 54.3 Å². The van der Waals surface area contributed by atoms with Crippen molar-refractivity contribution in [2.75, 3.05) is 30.4 Å². The van der Waals surface area contributed by atoms with Gasteiger partial charge in [0.15, 0.2) is 0 Å². The molecule has 150 valence electrons. The molecule has 6 nitrogen and oxygen atoms in total. The van der Waals surface area contributed by atoms with Crippen LogP contribution in [0.15, 0.2) is 48.5 Å². The van der Waals surface area contributed by atoms with Crippen molar-refractivity contribution in [1.82, 2.24) is 5.32 Å². The molecule has 0 saturated heterocycles. The molecule has 28 heavy (non-hydrogen) atoms. The number of anilines is 2. The molecule has 0 atom stereocenters. The van der Waals surface area contributed by atoms with Crippen LogP contribution in [0.4, 0.5) is 20.6 Å². The van der Waals surface area contributed by atoms with Gasteiger partial charge < -0.3 is 15.4 Å². The zero-order valence-corrected chi connectivity index (χ0v) is 16.6. The van der Waals surface area contributed by atoms with Gasteiger partial charge in [0.1, 0.15) is 11.6 Å². The maximum atomic E-state index is 13.3. The number of hydrogen-bond acceptors (Lipinski definition) is 3. The number of carbonyl (C=O) groups is 2. The van der Waals surface area contributed by atoms with E-state index in [-0.39, 0.29) is 30.8 Å². The molecule has 0 aliphatic rings. The summed E-state index contributed by atoms with van der Waals surface area (Å²) in [5.74, 6) is 0.181. The number of nitrogens with zero attached hydrogens (tertiary/aromatic N) is 1. The summed E-state index contributed by atoms with van der Waals surface area (Å²) in [4.78, 5) is 26.3. The van der Waals surface area contributed by atoms with Crippen LogP contribution in [0.1, 0.15) is 20.8 Å². The molecule has 0 bridgehead atoms. The Bertz CT molecular complexity index is 799. The highest BCUT2D eigenvalue weighted by molar-refractivity contribution is 6.01. The summed E-state index contributed by atoms with van der Waals surface area (Å²) in [5, 5.41) is 5.62. The number of urea groups is 1. The quantitative estimate of drug-likeness (QED) is 0.786. The van der Waals surface area contributed by atoms with Crippen molar-refractivity contribution < 1.29 is 18.7 Å². The van der Waals surface area contributed by atoms with Crippen LogP contribution in [-0.4, -0.2) is 32.1 Å². The topological polar surface area (TPSA) is 70.7 Å². The van der Waals surface area contributed by atoms with Crippen LogP contribution >= 0.6 is 0 Å².